The number of rotatable bonds is 8. The molecule has 0 bridgehead atoms. The lowest BCUT2D eigenvalue weighted by molar-refractivity contribution is 0.179. The summed E-state index contributed by atoms with van der Waals surface area (Å²) in [4.78, 5) is 4.31. The van der Waals surface area contributed by atoms with Gasteiger partial charge in [-0.2, -0.15) is 0 Å². The first-order valence-corrected chi connectivity index (χ1v) is 6.90. The second-order valence-electron chi connectivity index (χ2n) is 4.70. The van der Waals surface area contributed by atoms with Crippen LogP contribution in [0.5, 0.6) is 17.2 Å². The summed E-state index contributed by atoms with van der Waals surface area (Å²) >= 11 is 0. The normalized spacial score (nSPS) is 12.7. The van der Waals surface area contributed by atoms with E-state index in [0.717, 1.165) is 5.56 Å². The van der Waals surface area contributed by atoms with Gasteiger partial charge in [-0.1, -0.05) is 0 Å². The van der Waals surface area contributed by atoms with Crippen LogP contribution in [0.15, 0.2) is 17.1 Å². The summed E-state index contributed by atoms with van der Waals surface area (Å²) in [7, 11) is 6.36. The van der Waals surface area contributed by atoms with Crippen LogP contribution in [0.2, 0.25) is 0 Å². The van der Waals surface area contributed by atoms with Crippen LogP contribution in [0.4, 0.5) is 0 Å². The van der Waals surface area contributed by atoms with E-state index in [1.165, 1.54) is 0 Å². The van der Waals surface area contributed by atoms with Crippen LogP contribution in [-0.2, 0) is 11.3 Å². The molecule has 0 aliphatic carbocycles. The SMILES string of the molecule is COCC(C)NC(N)=NCc1ccc(OC)c(OC)c1OC. The highest BCUT2D eigenvalue weighted by molar-refractivity contribution is 5.78. The molecule has 0 aliphatic rings. The Morgan fingerprint density at radius 3 is 2.36 bits per heavy atom. The van der Waals surface area contributed by atoms with Gasteiger partial charge in [0.2, 0.25) is 5.75 Å². The van der Waals surface area contributed by atoms with Gasteiger partial charge < -0.3 is 30.0 Å². The summed E-state index contributed by atoms with van der Waals surface area (Å²) in [6, 6.07) is 3.76. The van der Waals surface area contributed by atoms with Crippen molar-refractivity contribution in [1.29, 1.82) is 0 Å². The van der Waals surface area contributed by atoms with Crippen LogP contribution < -0.4 is 25.3 Å². The highest BCUT2D eigenvalue weighted by atomic mass is 16.5. The van der Waals surface area contributed by atoms with E-state index in [1.807, 2.05) is 19.1 Å². The van der Waals surface area contributed by atoms with Crippen LogP contribution in [0.1, 0.15) is 12.5 Å². The number of nitrogens with two attached hydrogens (primary N) is 1. The van der Waals surface area contributed by atoms with E-state index in [-0.39, 0.29) is 6.04 Å². The van der Waals surface area contributed by atoms with Crippen molar-refractivity contribution in [2.24, 2.45) is 10.7 Å². The molecule has 1 rings (SSSR count). The number of hydrogen-bond donors (Lipinski definition) is 2. The third-order valence-electron chi connectivity index (χ3n) is 3.02. The van der Waals surface area contributed by atoms with Crippen molar-refractivity contribution in [3.63, 3.8) is 0 Å². The molecule has 1 aromatic rings. The zero-order chi connectivity index (χ0) is 16.5. The van der Waals surface area contributed by atoms with Crippen molar-refractivity contribution >= 4 is 5.96 Å². The minimum absolute atomic E-state index is 0.0843. The standard InChI is InChI=1S/C15H25N3O4/c1-10(9-19-2)18-15(16)17-8-11-6-7-12(20-3)14(22-5)13(11)21-4/h6-7,10H,8-9H2,1-5H3,(H3,16,17,18). The van der Waals surface area contributed by atoms with Crippen LogP contribution in [0, 0.1) is 0 Å². The fraction of sp³-hybridized carbons (Fsp3) is 0.533. The van der Waals surface area contributed by atoms with Gasteiger partial charge in [0.05, 0.1) is 34.5 Å². The summed E-state index contributed by atoms with van der Waals surface area (Å²) in [5.74, 6) is 2.08. The van der Waals surface area contributed by atoms with Crippen molar-refractivity contribution in [3.8, 4) is 17.2 Å². The zero-order valence-corrected chi connectivity index (χ0v) is 13.8. The third-order valence-corrected chi connectivity index (χ3v) is 3.02. The number of ether oxygens (including phenoxy) is 4. The molecule has 0 spiro atoms. The molecule has 7 nitrogen and oxygen atoms in total. The number of nitrogens with zero attached hydrogens (tertiary/aromatic N) is 1. The third kappa shape index (κ3) is 4.70. The summed E-state index contributed by atoms with van der Waals surface area (Å²) in [6.45, 7) is 2.88. The Kier molecular flexibility index (Phi) is 7.31. The summed E-state index contributed by atoms with van der Waals surface area (Å²) in [5.41, 5.74) is 6.71. The van der Waals surface area contributed by atoms with Crippen molar-refractivity contribution < 1.29 is 18.9 Å². The quantitative estimate of drug-likeness (QED) is 0.553. The highest BCUT2D eigenvalue weighted by Gasteiger charge is 2.15. The summed E-state index contributed by atoms with van der Waals surface area (Å²) < 4.78 is 21.0. The molecule has 0 fully saturated rings. The predicted octanol–water partition coefficient (Wildman–Crippen LogP) is 1.15. The van der Waals surface area contributed by atoms with E-state index in [9.17, 15) is 0 Å². The fourth-order valence-electron chi connectivity index (χ4n) is 2.05. The Hall–Kier alpha value is -2.15. The second kappa shape index (κ2) is 8.99. The van der Waals surface area contributed by atoms with Crippen molar-refractivity contribution in [2.75, 3.05) is 35.0 Å². The van der Waals surface area contributed by atoms with Gasteiger partial charge in [0.15, 0.2) is 17.5 Å². The van der Waals surface area contributed by atoms with Crippen molar-refractivity contribution in [3.05, 3.63) is 17.7 Å². The van der Waals surface area contributed by atoms with Gasteiger partial charge in [-0.3, -0.25) is 0 Å². The molecule has 0 radical (unpaired) electrons. The molecule has 124 valence electrons. The number of guanidine groups is 1. The molecule has 1 atom stereocenters. The predicted molar refractivity (Wildman–Crippen MR) is 85.9 cm³/mol. The van der Waals surface area contributed by atoms with E-state index in [4.69, 9.17) is 24.7 Å². The van der Waals surface area contributed by atoms with Crippen molar-refractivity contribution in [2.45, 2.75) is 19.5 Å². The van der Waals surface area contributed by atoms with Crippen LogP contribution in [0.25, 0.3) is 0 Å². The summed E-state index contributed by atoms with van der Waals surface area (Å²) in [6.07, 6.45) is 0. The van der Waals surface area contributed by atoms with E-state index in [0.29, 0.717) is 36.4 Å². The van der Waals surface area contributed by atoms with Gasteiger partial charge in [-0.25, -0.2) is 4.99 Å². The molecule has 0 aromatic heterocycles. The Morgan fingerprint density at radius 2 is 1.82 bits per heavy atom. The number of nitrogens with one attached hydrogen (secondary N) is 1. The molecular weight excluding hydrogens is 286 g/mol. The van der Waals surface area contributed by atoms with E-state index in [1.54, 1.807) is 28.4 Å². The molecule has 22 heavy (non-hydrogen) atoms. The van der Waals surface area contributed by atoms with Crippen molar-refractivity contribution in [1.82, 2.24) is 5.32 Å². The highest BCUT2D eigenvalue weighted by Crippen LogP contribution is 2.39. The fourth-order valence-corrected chi connectivity index (χ4v) is 2.05. The van der Waals surface area contributed by atoms with Gasteiger partial charge in [0.1, 0.15) is 0 Å². The molecule has 1 unspecified atom stereocenters. The Balaban J connectivity index is 2.89. The first-order chi connectivity index (χ1) is 10.6. The monoisotopic (exact) mass is 311 g/mol. The molecular formula is C15H25N3O4. The molecule has 0 aliphatic heterocycles. The lowest BCUT2D eigenvalue weighted by Crippen LogP contribution is -2.40. The van der Waals surface area contributed by atoms with Gasteiger partial charge >= 0.3 is 0 Å². The summed E-state index contributed by atoms with van der Waals surface area (Å²) in [5, 5.41) is 3.05. The molecule has 0 saturated heterocycles. The molecule has 7 heteroatoms. The first-order valence-electron chi connectivity index (χ1n) is 6.90. The number of methoxy groups -OCH3 is 4. The number of benzene rings is 1. The molecule has 0 saturated carbocycles. The maximum Gasteiger partial charge on any atom is 0.203 e. The second-order valence-corrected chi connectivity index (χ2v) is 4.70. The average molecular weight is 311 g/mol. The Morgan fingerprint density at radius 1 is 1.14 bits per heavy atom. The van der Waals surface area contributed by atoms with Crippen LogP contribution in [-0.4, -0.2) is 47.0 Å². The van der Waals surface area contributed by atoms with E-state index in [2.05, 4.69) is 10.3 Å². The van der Waals surface area contributed by atoms with E-state index >= 15 is 0 Å². The van der Waals surface area contributed by atoms with Gasteiger partial charge in [-0.15, -0.1) is 0 Å². The zero-order valence-electron chi connectivity index (χ0n) is 13.8. The number of aliphatic imine (C=N–C) groups is 1. The maximum absolute atomic E-state index is 5.86. The molecule has 3 N–H and O–H groups in total. The average Bonchev–Trinajstić information content (AvgIpc) is 2.51. The maximum atomic E-state index is 5.86. The largest absolute Gasteiger partial charge is 0.493 e. The van der Waals surface area contributed by atoms with E-state index < -0.39 is 0 Å². The van der Waals surface area contributed by atoms with Gasteiger partial charge in [0.25, 0.3) is 0 Å². The molecule has 1 aromatic carbocycles. The lowest BCUT2D eigenvalue weighted by atomic mass is 10.1. The van der Waals surface area contributed by atoms with Crippen LogP contribution in [0.3, 0.4) is 0 Å². The Bertz CT molecular complexity index is 506. The Labute approximate surface area is 131 Å². The molecule has 0 heterocycles. The van der Waals surface area contributed by atoms with Gasteiger partial charge in [0, 0.05) is 18.7 Å². The number of hydrogen-bond acceptors (Lipinski definition) is 5. The minimum atomic E-state index is 0.0843. The van der Waals surface area contributed by atoms with Gasteiger partial charge in [-0.05, 0) is 19.1 Å². The smallest absolute Gasteiger partial charge is 0.203 e. The minimum Gasteiger partial charge on any atom is -0.493 e. The topological polar surface area (TPSA) is 87.3 Å². The molecule has 0 amide bonds. The first kappa shape index (κ1) is 17.9. The van der Waals surface area contributed by atoms with Crippen LogP contribution >= 0.6 is 0 Å². The lowest BCUT2D eigenvalue weighted by Gasteiger charge is -2.16.